The molecule has 3 N–H and O–H groups in total. The van der Waals surface area contributed by atoms with E-state index in [1.54, 1.807) is 7.05 Å². The number of rotatable bonds is 3. The van der Waals surface area contributed by atoms with Crippen molar-refractivity contribution >= 4 is 17.7 Å². The molecule has 0 bridgehead atoms. The summed E-state index contributed by atoms with van der Waals surface area (Å²) < 4.78 is 0. The van der Waals surface area contributed by atoms with Gasteiger partial charge in [-0.1, -0.05) is 0 Å². The van der Waals surface area contributed by atoms with Crippen LogP contribution in [0.2, 0.25) is 0 Å². The van der Waals surface area contributed by atoms with Crippen molar-refractivity contribution in [1.82, 2.24) is 16.0 Å². The van der Waals surface area contributed by atoms with E-state index in [0.717, 1.165) is 0 Å². The van der Waals surface area contributed by atoms with Gasteiger partial charge in [0.25, 0.3) is 0 Å². The molecular formula is C7H11N3O3. The molecule has 1 aliphatic heterocycles. The molecule has 0 spiro atoms. The maximum Gasteiger partial charge on any atom is 0.249 e. The highest BCUT2D eigenvalue weighted by Crippen LogP contribution is 2.00. The predicted octanol–water partition coefficient (Wildman–Crippen LogP) is -2.26. The van der Waals surface area contributed by atoms with Crippen LogP contribution in [0.4, 0.5) is 0 Å². The molecule has 13 heavy (non-hydrogen) atoms. The Balaban J connectivity index is 2.41. The standard InChI is InChI=1S/C7H11N3O3/c1-8-3-6(12)9-4-2-5(11)10-7(4)13/h4,8H,2-3H2,1H3,(H,9,12)(H,10,11,13). The topological polar surface area (TPSA) is 87.3 Å². The van der Waals surface area contributed by atoms with Crippen LogP contribution in [0.3, 0.4) is 0 Å². The van der Waals surface area contributed by atoms with Gasteiger partial charge < -0.3 is 10.6 Å². The molecule has 0 saturated carbocycles. The average Bonchev–Trinajstić information content (AvgIpc) is 2.30. The molecule has 1 atom stereocenters. The van der Waals surface area contributed by atoms with Gasteiger partial charge in [0.15, 0.2) is 0 Å². The van der Waals surface area contributed by atoms with E-state index in [4.69, 9.17) is 0 Å². The van der Waals surface area contributed by atoms with E-state index < -0.39 is 11.9 Å². The summed E-state index contributed by atoms with van der Waals surface area (Å²) in [5, 5.41) is 7.17. The summed E-state index contributed by atoms with van der Waals surface area (Å²) in [6.07, 6.45) is 0.0360. The van der Waals surface area contributed by atoms with E-state index in [9.17, 15) is 14.4 Å². The predicted molar refractivity (Wildman–Crippen MR) is 43.6 cm³/mol. The lowest BCUT2D eigenvalue weighted by molar-refractivity contribution is -0.128. The van der Waals surface area contributed by atoms with Crippen LogP contribution in [0.1, 0.15) is 6.42 Å². The fourth-order valence-electron chi connectivity index (χ4n) is 1.08. The molecule has 0 radical (unpaired) electrons. The van der Waals surface area contributed by atoms with E-state index in [0.29, 0.717) is 0 Å². The normalized spacial score (nSPS) is 21.5. The van der Waals surface area contributed by atoms with Crippen LogP contribution in [0.25, 0.3) is 0 Å². The van der Waals surface area contributed by atoms with Gasteiger partial charge in [0.1, 0.15) is 6.04 Å². The van der Waals surface area contributed by atoms with Crippen molar-refractivity contribution < 1.29 is 14.4 Å². The van der Waals surface area contributed by atoms with Crippen molar-refractivity contribution in [3.05, 3.63) is 0 Å². The largest absolute Gasteiger partial charge is 0.343 e. The van der Waals surface area contributed by atoms with Gasteiger partial charge in [-0.3, -0.25) is 19.7 Å². The van der Waals surface area contributed by atoms with Crippen molar-refractivity contribution in [1.29, 1.82) is 0 Å². The molecule has 1 saturated heterocycles. The number of likely N-dealkylation sites (N-methyl/N-ethyl adjacent to an activating group) is 1. The van der Waals surface area contributed by atoms with Gasteiger partial charge in [0, 0.05) is 0 Å². The lowest BCUT2D eigenvalue weighted by Crippen LogP contribution is -2.43. The van der Waals surface area contributed by atoms with Gasteiger partial charge in [0.2, 0.25) is 17.7 Å². The molecule has 1 rings (SSSR count). The van der Waals surface area contributed by atoms with Gasteiger partial charge in [-0.25, -0.2) is 0 Å². The van der Waals surface area contributed by atoms with Crippen LogP contribution < -0.4 is 16.0 Å². The molecule has 1 fully saturated rings. The van der Waals surface area contributed by atoms with Crippen molar-refractivity contribution in [2.24, 2.45) is 0 Å². The van der Waals surface area contributed by atoms with E-state index in [1.807, 2.05) is 0 Å². The zero-order valence-corrected chi connectivity index (χ0v) is 7.22. The van der Waals surface area contributed by atoms with Gasteiger partial charge >= 0.3 is 0 Å². The summed E-state index contributed by atoms with van der Waals surface area (Å²) in [4.78, 5) is 32.6. The van der Waals surface area contributed by atoms with Crippen LogP contribution in [-0.4, -0.2) is 37.4 Å². The second-order valence-electron chi connectivity index (χ2n) is 2.77. The molecule has 1 unspecified atom stereocenters. The number of hydrogen-bond acceptors (Lipinski definition) is 4. The highest BCUT2D eigenvalue weighted by atomic mass is 16.2. The Morgan fingerprint density at radius 3 is 2.77 bits per heavy atom. The molecular weight excluding hydrogens is 174 g/mol. The lowest BCUT2D eigenvalue weighted by Gasteiger charge is -2.07. The van der Waals surface area contributed by atoms with Crippen LogP contribution in [0.15, 0.2) is 0 Å². The highest BCUT2D eigenvalue weighted by molar-refractivity contribution is 6.06. The molecule has 0 aromatic rings. The summed E-state index contributed by atoms with van der Waals surface area (Å²) in [6.45, 7) is 0.137. The Bertz CT molecular complexity index is 251. The first-order valence-corrected chi connectivity index (χ1v) is 3.91. The van der Waals surface area contributed by atoms with E-state index >= 15 is 0 Å². The van der Waals surface area contributed by atoms with E-state index in [-0.39, 0.29) is 24.8 Å². The van der Waals surface area contributed by atoms with Crippen LogP contribution in [-0.2, 0) is 14.4 Å². The summed E-state index contributed by atoms with van der Waals surface area (Å²) in [7, 11) is 1.62. The number of hydrogen-bond donors (Lipinski definition) is 3. The Morgan fingerprint density at radius 1 is 1.62 bits per heavy atom. The van der Waals surface area contributed by atoms with Crippen LogP contribution in [0, 0.1) is 0 Å². The fourth-order valence-corrected chi connectivity index (χ4v) is 1.08. The number of nitrogens with one attached hydrogen (secondary N) is 3. The Kier molecular flexibility index (Phi) is 2.97. The first kappa shape index (κ1) is 9.66. The number of carbonyl (C=O) groups is 3. The quantitative estimate of drug-likeness (QED) is 0.433. The Morgan fingerprint density at radius 2 is 2.31 bits per heavy atom. The Labute approximate surface area is 75.1 Å². The summed E-state index contributed by atoms with van der Waals surface area (Å²) >= 11 is 0. The summed E-state index contributed by atoms with van der Waals surface area (Å²) in [5.41, 5.74) is 0. The molecule has 1 aliphatic rings. The minimum Gasteiger partial charge on any atom is -0.343 e. The highest BCUT2D eigenvalue weighted by Gasteiger charge is 2.31. The zero-order chi connectivity index (χ0) is 9.84. The number of imide groups is 1. The maximum atomic E-state index is 11.0. The number of carbonyl (C=O) groups excluding carboxylic acids is 3. The third-order valence-electron chi connectivity index (χ3n) is 1.64. The van der Waals surface area contributed by atoms with Gasteiger partial charge in [-0.05, 0) is 7.05 Å². The third kappa shape index (κ3) is 2.51. The van der Waals surface area contributed by atoms with Crippen molar-refractivity contribution in [3.8, 4) is 0 Å². The van der Waals surface area contributed by atoms with Gasteiger partial charge in [-0.15, -0.1) is 0 Å². The third-order valence-corrected chi connectivity index (χ3v) is 1.64. The van der Waals surface area contributed by atoms with Crippen LogP contribution >= 0.6 is 0 Å². The van der Waals surface area contributed by atoms with Crippen molar-refractivity contribution in [2.45, 2.75) is 12.5 Å². The number of amides is 3. The molecule has 0 aromatic heterocycles. The second-order valence-corrected chi connectivity index (χ2v) is 2.77. The second kappa shape index (κ2) is 3.99. The smallest absolute Gasteiger partial charge is 0.249 e. The first-order valence-electron chi connectivity index (χ1n) is 3.91. The monoisotopic (exact) mass is 185 g/mol. The minimum atomic E-state index is -0.701. The average molecular weight is 185 g/mol. The maximum absolute atomic E-state index is 11.0. The van der Waals surface area contributed by atoms with Crippen molar-refractivity contribution in [2.75, 3.05) is 13.6 Å². The fraction of sp³-hybridized carbons (Fsp3) is 0.571. The summed E-state index contributed by atoms with van der Waals surface area (Å²) in [6, 6.07) is -0.701. The van der Waals surface area contributed by atoms with E-state index in [2.05, 4.69) is 16.0 Å². The Hall–Kier alpha value is -1.43. The van der Waals surface area contributed by atoms with E-state index in [1.165, 1.54) is 0 Å². The first-order chi connectivity index (χ1) is 6.13. The van der Waals surface area contributed by atoms with Gasteiger partial charge in [-0.2, -0.15) is 0 Å². The van der Waals surface area contributed by atoms with Crippen LogP contribution in [0.5, 0.6) is 0 Å². The SMILES string of the molecule is CNCC(=O)NC1CC(=O)NC1=O. The molecule has 6 heteroatoms. The zero-order valence-electron chi connectivity index (χ0n) is 7.22. The van der Waals surface area contributed by atoms with Gasteiger partial charge in [0.05, 0.1) is 13.0 Å². The molecule has 0 aliphatic carbocycles. The molecule has 1 heterocycles. The molecule has 72 valence electrons. The summed E-state index contributed by atoms with van der Waals surface area (Å²) in [5.74, 6) is -1.08. The minimum absolute atomic E-state index is 0.0360. The van der Waals surface area contributed by atoms with Crippen molar-refractivity contribution in [3.63, 3.8) is 0 Å². The molecule has 6 nitrogen and oxygen atoms in total. The lowest BCUT2D eigenvalue weighted by atomic mass is 10.2. The molecule has 3 amide bonds. The molecule has 0 aromatic carbocycles.